The molecule has 6 nitrogen and oxygen atoms in total. The van der Waals surface area contributed by atoms with Gasteiger partial charge in [0.2, 0.25) is 5.78 Å². The second-order valence-electron chi connectivity index (χ2n) is 4.44. The topological polar surface area (TPSA) is 73.6 Å². The lowest BCUT2D eigenvalue weighted by molar-refractivity contribution is 0.104. The molecule has 3 aromatic rings. The Morgan fingerprint density at radius 2 is 2.05 bits per heavy atom. The standard InChI is InChI=1S/C14H10FN5OS/c1-9-14(13(21)7-4-11-8-22-19-16-11)17-18-20(9)12-5-2-10(15)3-6-12/h2-8H,1H3/b7-4-. The van der Waals surface area contributed by atoms with Crippen molar-refractivity contribution in [2.24, 2.45) is 0 Å². The van der Waals surface area contributed by atoms with Crippen molar-refractivity contribution in [3.05, 3.63) is 58.6 Å². The Morgan fingerprint density at radius 1 is 1.27 bits per heavy atom. The number of halogens is 1. The molecule has 0 aliphatic rings. The second-order valence-corrected chi connectivity index (χ2v) is 5.05. The first-order valence-electron chi connectivity index (χ1n) is 6.33. The molecule has 0 amide bonds. The Kier molecular flexibility index (Phi) is 3.84. The van der Waals surface area contributed by atoms with E-state index >= 15 is 0 Å². The highest BCUT2D eigenvalue weighted by Gasteiger charge is 2.15. The van der Waals surface area contributed by atoms with Crippen LogP contribution in [-0.2, 0) is 0 Å². The minimum atomic E-state index is -0.336. The van der Waals surface area contributed by atoms with Gasteiger partial charge in [-0.1, -0.05) is 9.70 Å². The molecule has 22 heavy (non-hydrogen) atoms. The first-order valence-corrected chi connectivity index (χ1v) is 7.16. The van der Waals surface area contributed by atoms with Gasteiger partial charge in [0.15, 0.2) is 5.69 Å². The fraction of sp³-hybridized carbons (Fsp3) is 0.0714. The summed E-state index contributed by atoms with van der Waals surface area (Å²) in [5.41, 5.74) is 2.07. The molecule has 1 aromatic carbocycles. The van der Waals surface area contributed by atoms with Crippen molar-refractivity contribution in [1.82, 2.24) is 24.6 Å². The second kappa shape index (κ2) is 5.94. The zero-order chi connectivity index (χ0) is 15.5. The molecule has 0 saturated carbocycles. The number of hydrogen-bond donors (Lipinski definition) is 0. The van der Waals surface area contributed by atoms with E-state index in [1.54, 1.807) is 30.5 Å². The summed E-state index contributed by atoms with van der Waals surface area (Å²) >= 11 is 1.21. The van der Waals surface area contributed by atoms with E-state index in [9.17, 15) is 9.18 Å². The average Bonchev–Trinajstić information content (AvgIpc) is 3.15. The molecule has 0 spiro atoms. The van der Waals surface area contributed by atoms with Gasteiger partial charge in [0.1, 0.15) is 5.82 Å². The van der Waals surface area contributed by atoms with Gasteiger partial charge in [0.25, 0.3) is 0 Å². The Hall–Kier alpha value is -2.74. The number of nitrogens with zero attached hydrogens (tertiary/aromatic N) is 5. The highest BCUT2D eigenvalue weighted by atomic mass is 32.1. The third-order valence-electron chi connectivity index (χ3n) is 2.98. The Balaban J connectivity index is 1.87. The third-order valence-corrected chi connectivity index (χ3v) is 3.50. The van der Waals surface area contributed by atoms with Gasteiger partial charge in [-0.15, -0.1) is 10.2 Å². The van der Waals surface area contributed by atoms with Gasteiger partial charge in [-0.25, -0.2) is 9.07 Å². The van der Waals surface area contributed by atoms with Crippen LogP contribution in [0.25, 0.3) is 11.8 Å². The van der Waals surface area contributed by atoms with Crippen molar-refractivity contribution in [3.8, 4) is 5.69 Å². The van der Waals surface area contributed by atoms with E-state index in [0.29, 0.717) is 17.1 Å². The minimum Gasteiger partial charge on any atom is -0.287 e. The first kappa shape index (κ1) is 14.2. The SMILES string of the molecule is Cc1c(C(=O)/C=C\c2csnn2)nnn1-c1ccc(F)cc1. The van der Waals surface area contributed by atoms with E-state index in [4.69, 9.17) is 0 Å². The monoisotopic (exact) mass is 315 g/mol. The molecule has 8 heteroatoms. The quantitative estimate of drug-likeness (QED) is 0.546. The number of allylic oxidation sites excluding steroid dienone is 1. The van der Waals surface area contributed by atoms with Crippen molar-refractivity contribution in [2.45, 2.75) is 6.92 Å². The molecule has 0 N–H and O–H groups in total. The summed E-state index contributed by atoms with van der Waals surface area (Å²) in [4.78, 5) is 12.2. The Labute approximate surface area is 129 Å². The number of carbonyl (C=O) groups is 1. The van der Waals surface area contributed by atoms with Crippen LogP contribution in [-0.4, -0.2) is 30.4 Å². The lowest BCUT2D eigenvalue weighted by atomic mass is 10.2. The molecule has 0 aliphatic heterocycles. The molecule has 0 aliphatic carbocycles. The van der Waals surface area contributed by atoms with E-state index < -0.39 is 0 Å². The fourth-order valence-electron chi connectivity index (χ4n) is 1.87. The highest BCUT2D eigenvalue weighted by molar-refractivity contribution is 7.03. The Bertz CT molecular complexity index is 824. The first-order chi connectivity index (χ1) is 10.6. The van der Waals surface area contributed by atoms with Crippen molar-refractivity contribution >= 4 is 23.4 Å². The Morgan fingerprint density at radius 3 is 2.73 bits per heavy atom. The summed E-state index contributed by atoms with van der Waals surface area (Å²) < 4.78 is 18.2. The fourth-order valence-corrected chi connectivity index (χ4v) is 2.29. The van der Waals surface area contributed by atoms with Crippen molar-refractivity contribution in [1.29, 1.82) is 0 Å². The third kappa shape index (κ3) is 2.82. The van der Waals surface area contributed by atoms with Crippen molar-refractivity contribution in [3.63, 3.8) is 0 Å². The van der Waals surface area contributed by atoms with Gasteiger partial charge in [0, 0.05) is 5.38 Å². The molecular formula is C14H10FN5OS. The molecule has 0 bridgehead atoms. The number of rotatable bonds is 4. The van der Waals surface area contributed by atoms with Crippen molar-refractivity contribution in [2.75, 3.05) is 0 Å². The highest BCUT2D eigenvalue weighted by Crippen LogP contribution is 2.14. The van der Waals surface area contributed by atoms with Crippen LogP contribution in [0.5, 0.6) is 0 Å². The van der Waals surface area contributed by atoms with Crippen LogP contribution in [0.15, 0.2) is 35.7 Å². The van der Waals surface area contributed by atoms with Gasteiger partial charge >= 0.3 is 0 Å². The zero-order valence-electron chi connectivity index (χ0n) is 11.5. The minimum absolute atomic E-state index is 0.240. The van der Waals surface area contributed by atoms with Crippen molar-refractivity contribution < 1.29 is 9.18 Å². The van der Waals surface area contributed by atoms with Gasteiger partial charge in [-0.05, 0) is 54.9 Å². The molecule has 0 radical (unpaired) electrons. The number of hydrogen-bond acceptors (Lipinski definition) is 6. The lowest BCUT2D eigenvalue weighted by Crippen LogP contribution is -2.02. The van der Waals surface area contributed by atoms with Gasteiger partial charge in [0.05, 0.1) is 17.1 Å². The predicted octanol–water partition coefficient (Wildman–Crippen LogP) is 2.46. The molecule has 110 valence electrons. The van der Waals surface area contributed by atoms with E-state index in [2.05, 4.69) is 19.9 Å². The van der Waals surface area contributed by atoms with E-state index in [1.807, 2.05) is 0 Å². The molecule has 0 atom stereocenters. The molecule has 2 heterocycles. The predicted molar refractivity (Wildman–Crippen MR) is 79.3 cm³/mol. The molecule has 0 saturated heterocycles. The number of carbonyl (C=O) groups excluding carboxylic acids is 1. The summed E-state index contributed by atoms with van der Waals surface area (Å²) in [7, 11) is 0. The summed E-state index contributed by atoms with van der Waals surface area (Å²) in [6.45, 7) is 1.73. The molecule has 3 rings (SSSR count). The number of benzene rings is 1. The molecule has 0 fully saturated rings. The lowest BCUT2D eigenvalue weighted by Gasteiger charge is -2.02. The maximum Gasteiger partial charge on any atom is 0.208 e. The van der Waals surface area contributed by atoms with Crippen LogP contribution in [0.4, 0.5) is 4.39 Å². The van der Waals surface area contributed by atoms with Crippen LogP contribution in [0.2, 0.25) is 0 Å². The van der Waals surface area contributed by atoms with Crippen LogP contribution in [0, 0.1) is 12.7 Å². The van der Waals surface area contributed by atoms with E-state index in [1.165, 1.54) is 34.4 Å². The van der Waals surface area contributed by atoms with E-state index in [0.717, 1.165) is 0 Å². The molecule has 2 aromatic heterocycles. The number of aromatic nitrogens is 5. The van der Waals surface area contributed by atoms with Crippen LogP contribution in [0.1, 0.15) is 21.9 Å². The smallest absolute Gasteiger partial charge is 0.208 e. The maximum absolute atomic E-state index is 13.0. The van der Waals surface area contributed by atoms with E-state index in [-0.39, 0.29) is 17.3 Å². The zero-order valence-corrected chi connectivity index (χ0v) is 12.3. The van der Waals surface area contributed by atoms with Gasteiger partial charge in [-0.2, -0.15) is 0 Å². The molecular weight excluding hydrogens is 305 g/mol. The summed E-state index contributed by atoms with van der Waals surface area (Å²) in [6.07, 6.45) is 2.95. The summed E-state index contributed by atoms with van der Waals surface area (Å²) in [5.74, 6) is -0.614. The summed E-state index contributed by atoms with van der Waals surface area (Å²) in [6, 6.07) is 5.80. The van der Waals surface area contributed by atoms with Crippen LogP contribution < -0.4 is 0 Å². The molecule has 0 unspecified atom stereocenters. The van der Waals surface area contributed by atoms with Gasteiger partial charge in [-0.3, -0.25) is 4.79 Å². The average molecular weight is 315 g/mol. The normalized spacial score (nSPS) is 11.2. The largest absolute Gasteiger partial charge is 0.287 e. The summed E-state index contributed by atoms with van der Waals surface area (Å²) in [5, 5.41) is 13.4. The maximum atomic E-state index is 13.0. The van der Waals surface area contributed by atoms with Gasteiger partial charge < -0.3 is 0 Å². The van der Waals surface area contributed by atoms with Crippen LogP contribution >= 0.6 is 11.5 Å². The van der Waals surface area contributed by atoms with Crippen LogP contribution in [0.3, 0.4) is 0 Å². The number of ketones is 1.